The molecule has 0 aliphatic heterocycles. The molecule has 0 aromatic heterocycles. The molecule has 0 atom stereocenters. The van der Waals surface area contributed by atoms with Gasteiger partial charge in [0.15, 0.2) is 0 Å². The van der Waals surface area contributed by atoms with E-state index in [-0.39, 0.29) is 10.8 Å². The van der Waals surface area contributed by atoms with Crippen LogP contribution in [0.3, 0.4) is 0 Å². The number of sulfonamides is 1. The Labute approximate surface area is 165 Å². The normalized spacial score (nSPS) is 11.1. The van der Waals surface area contributed by atoms with E-state index >= 15 is 0 Å². The summed E-state index contributed by atoms with van der Waals surface area (Å²) in [6.07, 6.45) is 0. The van der Waals surface area contributed by atoms with E-state index in [1.807, 2.05) is 39.0 Å². The van der Waals surface area contributed by atoms with Crippen LogP contribution < -0.4 is 10.0 Å². The molecule has 0 aliphatic carbocycles. The number of hydrogen-bond donors (Lipinski definition) is 2. The zero-order chi connectivity index (χ0) is 20.3. The second kappa shape index (κ2) is 7.86. The molecular formula is C22H22N2O3S. The Morgan fingerprint density at radius 1 is 0.750 bits per heavy atom. The molecule has 2 N–H and O–H groups in total. The highest BCUT2D eigenvalue weighted by Crippen LogP contribution is 2.21. The highest BCUT2D eigenvalue weighted by molar-refractivity contribution is 7.92. The molecule has 0 aliphatic rings. The van der Waals surface area contributed by atoms with Crippen molar-refractivity contribution < 1.29 is 13.2 Å². The van der Waals surface area contributed by atoms with E-state index in [0.29, 0.717) is 16.9 Å². The maximum atomic E-state index is 12.6. The minimum absolute atomic E-state index is 0.125. The zero-order valence-corrected chi connectivity index (χ0v) is 16.8. The van der Waals surface area contributed by atoms with E-state index in [9.17, 15) is 13.2 Å². The van der Waals surface area contributed by atoms with Crippen LogP contribution in [-0.2, 0) is 10.0 Å². The highest BCUT2D eigenvalue weighted by Gasteiger charge is 2.15. The molecule has 0 fully saturated rings. The molecule has 3 aromatic rings. The van der Waals surface area contributed by atoms with Gasteiger partial charge in [-0.05, 0) is 79.9 Å². The fourth-order valence-electron chi connectivity index (χ4n) is 2.76. The third-order valence-electron chi connectivity index (χ3n) is 4.57. The smallest absolute Gasteiger partial charge is 0.261 e. The Kier molecular flexibility index (Phi) is 5.51. The van der Waals surface area contributed by atoms with Crippen molar-refractivity contribution in [2.45, 2.75) is 25.7 Å². The monoisotopic (exact) mass is 394 g/mol. The first-order valence-corrected chi connectivity index (χ1v) is 10.3. The Balaban J connectivity index is 1.75. The number of nitrogens with one attached hydrogen (secondary N) is 2. The molecule has 0 spiro atoms. The molecule has 0 radical (unpaired) electrons. The average molecular weight is 394 g/mol. The van der Waals surface area contributed by atoms with E-state index in [1.165, 1.54) is 12.1 Å². The molecule has 0 bridgehead atoms. The molecule has 3 aromatic carbocycles. The van der Waals surface area contributed by atoms with Gasteiger partial charge in [0.1, 0.15) is 0 Å². The quantitative estimate of drug-likeness (QED) is 0.661. The maximum absolute atomic E-state index is 12.6. The molecule has 5 nitrogen and oxygen atoms in total. The Morgan fingerprint density at radius 3 is 2.04 bits per heavy atom. The molecule has 28 heavy (non-hydrogen) atoms. The van der Waals surface area contributed by atoms with Gasteiger partial charge in [-0.25, -0.2) is 8.42 Å². The van der Waals surface area contributed by atoms with Crippen LogP contribution in [0.4, 0.5) is 11.4 Å². The van der Waals surface area contributed by atoms with Crippen molar-refractivity contribution in [3.8, 4) is 0 Å². The largest absolute Gasteiger partial charge is 0.322 e. The fraction of sp³-hybridized carbons (Fsp3) is 0.136. The lowest BCUT2D eigenvalue weighted by atomic mass is 10.1. The number of amides is 1. The standard InChI is InChI=1S/C22H22N2O3S/c1-15-8-9-19(14-17(15)3)24-28(26,27)20-12-10-18(11-13-20)23-22(25)21-7-5-4-6-16(21)2/h4-14,24H,1-3H3,(H,23,25). The SMILES string of the molecule is Cc1ccc(NS(=O)(=O)c2ccc(NC(=O)c3ccccc3C)cc2)cc1C. The van der Waals surface area contributed by atoms with Crippen molar-refractivity contribution in [2.24, 2.45) is 0 Å². The summed E-state index contributed by atoms with van der Waals surface area (Å²) in [4.78, 5) is 12.5. The first-order valence-electron chi connectivity index (χ1n) is 8.83. The Morgan fingerprint density at radius 2 is 1.39 bits per heavy atom. The Hall–Kier alpha value is -3.12. The summed E-state index contributed by atoms with van der Waals surface area (Å²) < 4.78 is 27.8. The van der Waals surface area contributed by atoms with E-state index < -0.39 is 10.0 Å². The number of carbonyl (C=O) groups excluding carboxylic acids is 1. The van der Waals surface area contributed by atoms with Crippen LogP contribution in [0.15, 0.2) is 71.6 Å². The summed E-state index contributed by atoms with van der Waals surface area (Å²) in [7, 11) is -3.71. The highest BCUT2D eigenvalue weighted by atomic mass is 32.2. The van der Waals surface area contributed by atoms with Crippen molar-refractivity contribution in [3.63, 3.8) is 0 Å². The summed E-state index contributed by atoms with van der Waals surface area (Å²) in [6, 6.07) is 18.8. The number of anilines is 2. The fourth-order valence-corrected chi connectivity index (χ4v) is 3.81. The number of carbonyl (C=O) groups is 1. The predicted molar refractivity (Wildman–Crippen MR) is 112 cm³/mol. The lowest BCUT2D eigenvalue weighted by molar-refractivity contribution is 0.102. The van der Waals surface area contributed by atoms with Crippen molar-refractivity contribution in [1.29, 1.82) is 0 Å². The Bertz CT molecular complexity index is 1120. The van der Waals surface area contributed by atoms with E-state index in [0.717, 1.165) is 16.7 Å². The third-order valence-corrected chi connectivity index (χ3v) is 5.97. The first-order chi connectivity index (χ1) is 13.3. The summed E-state index contributed by atoms with van der Waals surface area (Å²) in [6.45, 7) is 5.76. The van der Waals surface area contributed by atoms with Gasteiger partial charge in [0.2, 0.25) is 0 Å². The van der Waals surface area contributed by atoms with Gasteiger partial charge in [0, 0.05) is 16.9 Å². The third kappa shape index (κ3) is 4.40. The number of rotatable bonds is 5. The maximum Gasteiger partial charge on any atom is 0.261 e. The second-order valence-electron chi connectivity index (χ2n) is 6.70. The van der Waals surface area contributed by atoms with Gasteiger partial charge in [-0.1, -0.05) is 24.3 Å². The second-order valence-corrected chi connectivity index (χ2v) is 8.38. The van der Waals surface area contributed by atoms with Gasteiger partial charge in [-0.15, -0.1) is 0 Å². The van der Waals surface area contributed by atoms with Crippen LogP contribution >= 0.6 is 0 Å². The summed E-state index contributed by atoms with van der Waals surface area (Å²) in [5.74, 6) is -0.234. The molecule has 0 saturated heterocycles. The zero-order valence-electron chi connectivity index (χ0n) is 16.0. The molecule has 3 rings (SSSR count). The summed E-state index contributed by atoms with van der Waals surface area (Å²) >= 11 is 0. The van der Waals surface area contributed by atoms with Crippen LogP contribution in [-0.4, -0.2) is 14.3 Å². The average Bonchev–Trinajstić information content (AvgIpc) is 2.65. The van der Waals surface area contributed by atoms with Gasteiger partial charge >= 0.3 is 0 Å². The van der Waals surface area contributed by atoms with Crippen LogP contribution in [0.25, 0.3) is 0 Å². The molecule has 6 heteroatoms. The van der Waals surface area contributed by atoms with Crippen LogP contribution in [0.5, 0.6) is 0 Å². The number of benzene rings is 3. The minimum atomic E-state index is -3.71. The summed E-state index contributed by atoms with van der Waals surface area (Å²) in [5, 5.41) is 2.79. The number of hydrogen-bond acceptors (Lipinski definition) is 3. The lowest BCUT2D eigenvalue weighted by Crippen LogP contribution is -2.15. The first kappa shape index (κ1) is 19.6. The van der Waals surface area contributed by atoms with Crippen LogP contribution in [0.1, 0.15) is 27.0 Å². The minimum Gasteiger partial charge on any atom is -0.322 e. The van der Waals surface area contributed by atoms with E-state index in [1.54, 1.807) is 36.4 Å². The molecule has 0 saturated carbocycles. The molecular weight excluding hydrogens is 372 g/mol. The van der Waals surface area contributed by atoms with E-state index in [4.69, 9.17) is 0 Å². The summed E-state index contributed by atoms with van der Waals surface area (Å²) in [5.41, 5.74) is 4.59. The van der Waals surface area contributed by atoms with Crippen LogP contribution in [0.2, 0.25) is 0 Å². The predicted octanol–water partition coefficient (Wildman–Crippen LogP) is 4.66. The van der Waals surface area contributed by atoms with Gasteiger partial charge in [-0.3, -0.25) is 9.52 Å². The molecule has 1 amide bonds. The number of aryl methyl sites for hydroxylation is 3. The van der Waals surface area contributed by atoms with Crippen molar-refractivity contribution >= 4 is 27.3 Å². The van der Waals surface area contributed by atoms with Gasteiger partial charge in [-0.2, -0.15) is 0 Å². The van der Waals surface area contributed by atoms with Gasteiger partial charge in [0.25, 0.3) is 15.9 Å². The van der Waals surface area contributed by atoms with Crippen molar-refractivity contribution in [2.75, 3.05) is 10.0 Å². The molecule has 144 valence electrons. The van der Waals surface area contributed by atoms with E-state index in [2.05, 4.69) is 10.0 Å². The topological polar surface area (TPSA) is 75.3 Å². The van der Waals surface area contributed by atoms with Gasteiger partial charge in [0.05, 0.1) is 4.90 Å². The van der Waals surface area contributed by atoms with Crippen molar-refractivity contribution in [1.82, 2.24) is 0 Å². The molecule has 0 heterocycles. The van der Waals surface area contributed by atoms with Crippen LogP contribution in [0, 0.1) is 20.8 Å². The molecule has 0 unspecified atom stereocenters. The van der Waals surface area contributed by atoms with Crippen molar-refractivity contribution in [3.05, 3.63) is 89.0 Å². The lowest BCUT2D eigenvalue weighted by Gasteiger charge is -2.11. The van der Waals surface area contributed by atoms with Gasteiger partial charge < -0.3 is 5.32 Å².